The Morgan fingerprint density at radius 2 is 2.00 bits per heavy atom. The molecule has 0 bridgehead atoms. The third-order valence-electron chi connectivity index (χ3n) is 0.868. The van der Waals surface area contributed by atoms with Gasteiger partial charge in [0.05, 0.1) is 12.7 Å². The predicted molar refractivity (Wildman–Crippen MR) is 40.1 cm³/mol. The Kier molecular flexibility index (Phi) is 5.07. The van der Waals surface area contributed by atoms with Crippen LogP contribution in [0.1, 0.15) is 13.8 Å². The number of aliphatic hydroxyl groups is 2. The van der Waals surface area contributed by atoms with E-state index < -0.39 is 12.3 Å². The number of hydrogen-bond donors (Lipinski definition) is 2. The first-order chi connectivity index (χ1) is 5.60. The van der Waals surface area contributed by atoms with Crippen LogP contribution >= 0.6 is 0 Å². The van der Waals surface area contributed by atoms with Crippen molar-refractivity contribution in [1.82, 2.24) is 0 Å². The quantitative estimate of drug-likeness (QED) is 0.564. The molecule has 12 heavy (non-hydrogen) atoms. The molecule has 0 aliphatic carbocycles. The standard InChI is InChI=1S/C4H4O3.C3H8O2/c1-2-3-6-4(5)7-3;1-3(5)2-4/h2H,1H3;3-5H,2H2,1H3. The van der Waals surface area contributed by atoms with Crippen LogP contribution in [0.5, 0.6) is 0 Å². The van der Waals surface area contributed by atoms with Crippen LogP contribution in [-0.2, 0) is 9.47 Å². The van der Waals surface area contributed by atoms with Gasteiger partial charge in [0, 0.05) is 0 Å². The molecule has 1 aliphatic heterocycles. The van der Waals surface area contributed by atoms with Gasteiger partial charge < -0.3 is 19.7 Å². The normalized spacial score (nSPS) is 16.0. The second kappa shape index (κ2) is 5.56. The fourth-order valence-corrected chi connectivity index (χ4v) is 0.290. The minimum Gasteiger partial charge on any atom is -0.394 e. The number of rotatable bonds is 1. The summed E-state index contributed by atoms with van der Waals surface area (Å²) < 4.78 is 8.58. The highest BCUT2D eigenvalue weighted by atomic mass is 16.9. The van der Waals surface area contributed by atoms with Crippen molar-refractivity contribution in [3.05, 3.63) is 12.0 Å². The first-order valence-electron chi connectivity index (χ1n) is 3.45. The van der Waals surface area contributed by atoms with Crippen molar-refractivity contribution >= 4 is 6.16 Å². The summed E-state index contributed by atoms with van der Waals surface area (Å²) in [4.78, 5) is 9.78. The first-order valence-corrected chi connectivity index (χ1v) is 3.45. The highest BCUT2D eigenvalue weighted by Crippen LogP contribution is 2.12. The molecule has 0 saturated carbocycles. The van der Waals surface area contributed by atoms with Crippen molar-refractivity contribution in [1.29, 1.82) is 0 Å². The summed E-state index contributed by atoms with van der Waals surface area (Å²) in [7, 11) is 0. The van der Waals surface area contributed by atoms with Crippen molar-refractivity contribution in [2.75, 3.05) is 6.61 Å². The molecule has 0 spiro atoms. The van der Waals surface area contributed by atoms with Gasteiger partial charge in [-0.3, -0.25) is 0 Å². The lowest BCUT2D eigenvalue weighted by Crippen LogP contribution is -2.19. The second-order valence-electron chi connectivity index (χ2n) is 2.09. The van der Waals surface area contributed by atoms with Crippen LogP contribution in [0.3, 0.4) is 0 Å². The van der Waals surface area contributed by atoms with Crippen molar-refractivity contribution in [2.45, 2.75) is 20.0 Å². The number of allylic oxidation sites excluding steroid dienone is 1. The fraction of sp³-hybridized carbons (Fsp3) is 0.571. The van der Waals surface area contributed by atoms with Gasteiger partial charge in [0.25, 0.3) is 5.95 Å². The van der Waals surface area contributed by atoms with Crippen molar-refractivity contribution in [3.63, 3.8) is 0 Å². The largest absolute Gasteiger partial charge is 0.524 e. The third kappa shape index (κ3) is 4.70. The van der Waals surface area contributed by atoms with Crippen LogP contribution in [0.15, 0.2) is 12.0 Å². The zero-order valence-corrected chi connectivity index (χ0v) is 6.98. The van der Waals surface area contributed by atoms with Gasteiger partial charge in [0.2, 0.25) is 0 Å². The number of cyclic esters (lactones) is 2. The van der Waals surface area contributed by atoms with Crippen LogP contribution in [0.25, 0.3) is 0 Å². The van der Waals surface area contributed by atoms with E-state index in [1.54, 1.807) is 13.0 Å². The Bertz CT molecular complexity index is 163. The van der Waals surface area contributed by atoms with Crippen molar-refractivity contribution < 1.29 is 24.5 Å². The predicted octanol–water partition coefficient (Wildman–Crippen LogP) is 0.374. The maximum absolute atomic E-state index is 9.78. The minimum absolute atomic E-state index is 0.139. The summed E-state index contributed by atoms with van der Waals surface area (Å²) in [5.74, 6) is 0.296. The molecular weight excluding hydrogens is 164 g/mol. The topological polar surface area (TPSA) is 76.0 Å². The van der Waals surface area contributed by atoms with Gasteiger partial charge in [-0.25, -0.2) is 4.79 Å². The van der Waals surface area contributed by atoms with E-state index in [2.05, 4.69) is 9.47 Å². The van der Waals surface area contributed by atoms with E-state index in [0.717, 1.165) is 0 Å². The highest BCUT2D eigenvalue weighted by Gasteiger charge is 2.22. The van der Waals surface area contributed by atoms with E-state index in [1.807, 2.05) is 0 Å². The van der Waals surface area contributed by atoms with Crippen molar-refractivity contribution in [3.8, 4) is 0 Å². The van der Waals surface area contributed by atoms with E-state index in [-0.39, 0.29) is 6.61 Å². The van der Waals surface area contributed by atoms with Gasteiger partial charge >= 0.3 is 6.16 Å². The van der Waals surface area contributed by atoms with E-state index in [1.165, 1.54) is 6.92 Å². The summed E-state index contributed by atoms with van der Waals surface area (Å²) in [5.41, 5.74) is 0. The zero-order chi connectivity index (χ0) is 9.56. The molecule has 2 N–H and O–H groups in total. The average molecular weight is 176 g/mol. The molecule has 1 rings (SSSR count). The van der Waals surface area contributed by atoms with E-state index >= 15 is 0 Å². The molecule has 0 amide bonds. The Balaban J connectivity index is 0.000000217. The smallest absolute Gasteiger partial charge is 0.394 e. The molecule has 0 radical (unpaired) electrons. The second-order valence-corrected chi connectivity index (χ2v) is 2.09. The van der Waals surface area contributed by atoms with Gasteiger partial charge in [0.15, 0.2) is 0 Å². The summed E-state index contributed by atoms with van der Waals surface area (Å²) >= 11 is 0. The molecule has 1 atom stereocenters. The molecule has 0 aromatic carbocycles. The van der Waals surface area contributed by atoms with E-state index in [0.29, 0.717) is 5.95 Å². The number of carbonyl (C=O) groups is 1. The van der Waals surface area contributed by atoms with E-state index in [4.69, 9.17) is 10.2 Å². The Morgan fingerprint density at radius 1 is 1.58 bits per heavy atom. The molecule has 1 unspecified atom stereocenters. The zero-order valence-electron chi connectivity index (χ0n) is 6.98. The lowest BCUT2D eigenvalue weighted by atomic mass is 10.5. The lowest BCUT2D eigenvalue weighted by molar-refractivity contribution is -0.0262. The molecular formula is C7H12O5. The SMILES string of the molecule is CC(O)CO.CC=C1OC(=O)O1. The maximum Gasteiger partial charge on any atom is 0.524 e. The van der Waals surface area contributed by atoms with Gasteiger partial charge in [-0.15, -0.1) is 0 Å². The van der Waals surface area contributed by atoms with Gasteiger partial charge in [-0.1, -0.05) is 0 Å². The van der Waals surface area contributed by atoms with Crippen LogP contribution in [-0.4, -0.2) is 29.1 Å². The minimum atomic E-state index is -0.617. The van der Waals surface area contributed by atoms with Crippen LogP contribution in [0.2, 0.25) is 0 Å². The number of ether oxygens (including phenoxy) is 2. The van der Waals surface area contributed by atoms with Gasteiger partial charge in [0.1, 0.15) is 0 Å². The van der Waals surface area contributed by atoms with Crippen LogP contribution in [0.4, 0.5) is 4.79 Å². The molecule has 1 heterocycles. The Labute approximate surface area is 70.2 Å². The number of aliphatic hydroxyl groups excluding tert-OH is 2. The summed E-state index contributed by atoms with van der Waals surface area (Å²) in [6.45, 7) is 3.11. The molecule has 5 heteroatoms. The molecule has 1 aliphatic rings. The molecule has 5 nitrogen and oxygen atoms in total. The van der Waals surface area contributed by atoms with Gasteiger partial charge in [-0.2, -0.15) is 0 Å². The van der Waals surface area contributed by atoms with Crippen LogP contribution in [0, 0.1) is 0 Å². The lowest BCUT2D eigenvalue weighted by Gasteiger charge is -2.13. The number of carbonyl (C=O) groups excluding carboxylic acids is 1. The molecule has 70 valence electrons. The first kappa shape index (κ1) is 10.9. The van der Waals surface area contributed by atoms with Crippen LogP contribution < -0.4 is 0 Å². The Hall–Kier alpha value is -1.07. The van der Waals surface area contributed by atoms with Crippen molar-refractivity contribution in [2.24, 2.45) is 0 Å². The molecule has 1 fully saturated rings. The highest BCUT2D eigenvalue weighted by molar-refractivity contribution is 5.67. The number of hydrogen-bond acceptors (Lipinski definition) is 5. The Morgan fingerprint density at radius 3 is 2.08 bits per heavy atom. The molecule has 0 aromatic heterocycles. The molecule has 1 saturated heterocycles. The summed E-state index contributed by atoms with van der Waals surface area (Å²) in [6, 6.07) is 0. The summed E-state index contributed by atoms with van der Waals surface area (Å²) in [6.07, 6.45) is 0.393. The van der Waals surface area contributed by atoms with E-state index in [9.17, 15) is 4.79 Å². The maximum atomic E-state index is 9.78. The monoisotopic (exact) mass is 176 g/mol. The summed E-state index contributed by atoms with van der Waals surface area (Å²) in [5, 5.41) is 16.0. The van der Waals surface area contributed by atoms with Gasteiger partial charge in [-0.05, 0) is 19.9 Å². The average Bonchev–Trinajstić information content (AvgIpc) is 2.00. The fourth-order valence-electron chi connectivity index (χ4n) is 0.290. The molecule has 0 aromatic rings. The third-order valence-corrected chi connectivity index (χ3v) is 0.868.